The zero-order chi connectivity index (χ0) is 38.3. The number of azide groups is 1. The van der Waals surface area contributed by atoms with E-state index in [9.17, 15) is 41.5 Å². The topological polar surface area (TPSA) is 155 Å². The van der Waals surface area contributed by atoms with Crippen LogP contribution in [0.1, 0.15) is 74.0 Å². The first-order valence-corrected chi connectivity index (χ1v) is 15.9. The third kappa shape index (κ3) is 9.94. The minimum Gasteiger partial charge on any atom is -0.494 e. The maximum atomic E-state index is 14.4. The molecule has 11 nitrogen and oxygen atoms in total. The number of aliphatic imine (C=N–C) groups is 1. The molecule has 1 aliphatic rings. The van der Waals surface area contributed by atoms with E-state index in [1.807, 2.05) is 0 Å². The first kappa shape index (κ1) is 39.5. The molecule has 17 heteroatoms. The van der Waals surface area contributed by atoms with Gasteiger partial charge in [-0.15, -0.1) is 0 Å². The highest BCUT2D eigenvalue weighted by Crippen LogP contribution is 2.46. The lowest BCUT2D eigenvalue weighted by Gasteiger charge is -2.31. The van der Waals surface area contributed by atoms with Gasteiger partial charge in [0.2, 0.25) is 5.90 Å². The zero-order valence-corrected chi connectivity index (χ0v) is 28.2. The maximum Gasteiger partial charge on any atom is 0.416 e. The number of hydrogen-bond acceptors (Lipinski definition) is 8. The molecule has 1 aliphatic heterocycles. The van der Waals surface area contributed by atoms with Gasteiger partial charge in [0.25, 0.3) is 5.91 Å². The fourth-order valence-corrected chi connectivity index (χ4v) is 5.34. The second-order valence-electron chi connectivity index (χ2n) is 12.7. The average molecular weight is 736 g/mol. The number of ether oxygens (including phenoxy) is 3. The molecule has 1 heterocycles. The van der Waals surface area contributed by atoms with Gasteiger partial charge in [-0.2, -0.15) is 26.3 Å². The van der Waals surface area contributed by atoms with Gasteiger partial charge in [-0.25, -0.2) is 4.99 Å². The van der Waals surface area contributed by atoms with E-state index in [0.717, 1.165) is 0 Å². The largest absolute Gasteiger partial charge is 0.494 e. The van der Waals surface area contributed by atoms with Crippen molar-refractivity contribution in [1.82, 2.24) is 5.32 Å². The van der Waals surface area contributed by atoms with Crippen LogP contribution >= 0.6 is 0 Å². The number of aliphatic hydroxyl groups is 1. The van der Waals surface area contributed by atoms with Gasteiger partial charge in [-0.05, 0) is 80.8 Å². The summed E-state index contributed by atoms with van der Waals surface area (Å²) in [7, 11) is 0. The minimum atomic E-state index is -5.12. The van der Waals surface area contributed by atoms with Crippen molar-refractivity contribution in [2.24, 2.45) is 10.1 Å². The number of benzene rings is 3. The second-order valence-corrected chi connectivity index (χ2v) is 12.7. The molecule has 0 aromatic heterocycles. The molecular formula is C35H35F6N5O6. The highest BCUT2D eigenvalue weighted by Gasteiger charge is 2.54. The molecule has 0 spiro atoms. The van der Waals surface area contributed by atoms with Gasteiger partial charge in [0.05, 0.1) is 17.7 Å². The predicted octanol–water partition coefficient (Wildman–Crippen LogP) is 8.12. The molecule has 0 saturated heterocycles. The van der Waals surface area contributed by atoms with E-state index in [-0.39, 0.29) is 36.4 Å². The number of rotatable bonds is 13. The summed E-state index contributed by atoms with van der Waals surface area (Å²) >= 11 is 0. The molecule has 52 heavy (non-hydrogen) atoms. The molecular weight excluding hydrogens is 700 g/mol. The first-order chi connectivity index (χ1) is 24.4. The number of esters is 1. The van der Waals surface area contributed by atoms with Crippen molar-refractivity contribution in [2.75, 3.05) is 13.2 Å². The van der Waals surface area contributed by atoms with Crippen molar-refractivity contribution in [3.63, 3.8) is 0 Å². The lowest BCUT2D eigenvalue weighted by molar-refractivity contribution is -0.155. The van der Waals surface area contributed by atoms with Crippen LogP contribution in [0.4, 0.5) is 32.0 Å². The van der Waals surface area contributed by atoms with Crippen molar-refractivity contribution >= 4 is 23.5 Å². The van der Waals surface area contributed by atoms with Crippen LogP contribution in [0.15, 0.2) is 76.8 Å². The Kier molecular flexibility index (Phi) is 12.1. The number of aliphatic hydroxyl groups excluding tert-OH is 1. The smallest absolute Gasteiger partial charge is 0.416 e. The van der Waals surface area contributed by atoms with Crippen LogP contribution in [-0.4, -0.2) is 47.2 Å². The van der Waals surface area contributed by atoms with Crippen molar-refractivity contribution in [1.29, 1.82) is 0 Å². The molecule has 0 aliphatic carbocycles. The maximum absolute atomic E-state index is 14.4. The van der Waals surface area contributed by atoms with Crippen LogP contribution in [0.25, 0.3) is 10.4 Å². The third-order valence-corrected chi connectivity index (χ3v) is 7.63. The Hall–Kier alpha value is -5.28. The molecule has 0 saturated carbocycles. The monoisotopic (exact) mass is 735 g/mol. The molecule has 278 valence electrons. The minimum absolute atomic E-state index is 0.0271. The van der Waals surface area contributed by atoms with Gasteiger partial charge in [0, 0.05) is 47.7 Å². The van der Waals surface area contributed by atoms with Gasteiger partial charge in [-0.1, -0.05) is 29.4 Å². The standard InChI is InChI=1S/C35H35F6N5O6/c1-32(2,3)52-28(48)13-14-33(31(49)43-20-21-17-23(34(36,37)38)19-24(18-21)35(39,40)41)29(26-7-4-5-8-27(26)45-46-42)51-30(44-33)22-9-11-25(12-10-22)50-16-6-15-47/h4-5,7-12,17-19,29,47H,6,13-16,20H2,1-3H3,(H,43,49)/t29-,33-/m1/s1. The Morgan fingerprint density at radius 1 is 1.00 bits per heavy atom. The fourth-order valence-electron chi connectivity index (χ4n) is 5.34. The fraction of sp³-hybridized carbons (Fsp3) is 0.400. The van der Waals surface area contributed by atoms with Gasteiger partial charge >= 0.3 is 18.3 Å². The number of carbonyl (C=O) groups is 2. The van der Waals surface area contributed by atoms with Gasteiger partial charge in [0.1, 0.15) is 11.4 Å². The summed E-state index contributed by atoms with van der Waals surface area (Å²) in [6.07, 6.45) is -12.1. The summed E-state index contributed by atoms with van der Waals surface area (Å²) in [5.74, 6) is -1.42. The Labute approximate surface area is 294 Å². The summed E-state index contributed by atoms with van der Waals surface area (Å²) < 4.78 is 98.9. The first-order valence-electron chi connectivity index (χ1n) is 15.9. The van der Waals surface area contributed by atoms with E-state index in [2.05, 4.69) is 20.3 Å². The summed E-state index contributed by atoms with van der Waals surface area (Å²) in [6, 6.07) is 13.3. The number of carbonyl (C=O) groups excluding carboxylic acids is 2. The highest BCUT2D eigenvalue weighted by molar-refractivity contribution is 6.01. The van der Waals surface area contributed by atoms with E-state index in [1.165, 1.54) is 12.1 Å². The summed E-state index contributed by atoms with van der Waals surface area (Å²) in [4.78, 5) is 34.9. The number of amides is 1. The van der Waals surface area contributed by atoms with E-state index in [4.69, 9.17) is 19.3 Å². The summed E-state index contributed by atoms with van der Waals surface area (Å²) in [5.41, 5.74) is 3.13. The molecule has 0 fully saturated rings. The van der Waals surface area contributed by atoms with Crippen LogP contribution in [-0.2, 0) is 38.0 Å². The molecule has 3 aromatic carbocycles. The molecule has 3 aromatic rings. The van der Waals surface area contributed by atoms with Crippen LogP contribution in [0.5, 0.6) is 5.75 Å². The van der Waals surface area contributed by atoms with Crippen molar-refractivity contribution in [3.8, 4) is 5.75 Å². The number of halogens is 6. The quantitative estimate of drug-likeness (QED) is 0.0451. The van der Waals surface area contributed by atoms with E-state index in [0.29, 0.717) is 29.9 Å². The van der Waals surface area contributed by atoms with Gasteiger partial charge in [-0.3, -0.25) is 9.59 Å². The van der Waals surface area contributed by atoms with Gasteiger partial charge in [0.15, 0.2) is 11.6 Å². The Balaban J connectivity index is 1.83. The van der Waals surface area contributed by atoms with Crippen LogP contribution < -0.4 is 10.1 Å². The van der Waals surface area contributed by atoms with Gasteiger partial charge < -0.3 is 24.6 Å². The second kappa shape index (κ2) is 15.9. The molecule has 0 unspecified atom stereocenters. The van der Waals surface area contributed by atoms with Crippen LogP contribution in [0.3, 0.4) is 0 Å². The summed E-state index contributed by atoms with van der Waals surface area (Å²) in [5, 5.41) is 15.2. The lowest BCUT2D eigenvalue weighted by atomic mass is 9.82. The number of alkyl halides is 6. The van der Waals surface area contributed by atoms with Crippen molar-refractivity contribution in [2.45, 2.75) is 76.2 Å². The molecule has 0 radical (unpaired) electrons. The third-order valence-electron chi connectivity index (χ3n) is 7.63. The highest BCUT2D eigenvalue weighted by atomic mass is 19.4. The number of nitrogens with one attached hydrogen (secondary N) is 1. The molecule has 4 rings (SSSR count). The molecule has 0 bridgehead atoms. The number of nitrogens with zero attached hydrogens (tertiary/aromatic N) is 4. The van der Waals surface area contributed by atoms with E-state index < -0.39 is 77.5 Å². The Morgan fingerprint density at radius 3 is 2.21 bits per heavy atom. The van der Waals surface area contributed by atoms with E-state index >= 15 is 0 Å². The average Bonchev–Trinajstić information content (AvgIpc) is 3.46. The Morgan fingerprint density at radius 2 is 1.63 bits per heavy atom. The molecule has 1 amide bonds. The predicted molar refractivity (Wildman–Crippen MR) is 175 cm³/mol. The number of hydrogen-bond donors (Lipinski definition) is 2. The normalized spacial score (nSPS) is 17.4. The molecule has 2 N–H and O–H groups in total. The van der Waals surface area contributed by atoms with Crippen LogP contribution in [0.2, 0.25) is 0 Å². The van der Waals surface area contributed by atoms with Crippen molar-refractivity contribution in [3.05, 3.63) is 105 Å². The van der Waals surface area contributed by atoms with Crippen molar-refractivity contribution < 1.29 is 55.2 Å². The van der Waals surface area contributed by atoms with Crippen LogP contribution in [0, 0.1) is 0 Å². The Bertz CT molecular complexity index is 1800. The SMILES string of the molecule is CC(C)(C)OC(=O)CC[C@@]1(C(=O)NCc2cc(C(F)(F)F)cc(C(F)(F)F)c2)N=C(c2ccc(OCCCO)cc2)O[C@@H]1c1ccccc1N=[N+]=[N-]. The summed E-state index contributed by atoms with van der Waals surface area (Å²) in [6.45, 7) is 4.24. The lowest BCUT2D eigenvalue weighted by Crippen LogP contribution is -2.48. The zero-order valence-electron chi connectivity index (χ0n) is 28.2. The molecule has 2 atom stereocenters. The van der Waals surface area contributed by atoms with E-state index in [1.54, 1.807) is 57.2 Å².